The van der Waals surface area contributed by atoms with E-state index in [1.807, 2.05) is 0 Å². The molecule has 0 saturated heterocycles. The van der Waals surface area contributed by atoms with Gasteiger partial charge in [-0.25, -0.2) is 0 Å². The van der Waals surface area contributed by atoms with E-state index < -0.39 is 12.1 Å². The van der Waals surface area contributed by atoms with Gasteiger partial charge in [0, 0.05) is 12.8 Å². The van der Waals surface area contributed by atoms with Gasteiger partial charge < -0.3 is 20.3 Å². The van der Waals surface area contributed by atoms with Gasteiger partial charge in [-0.15, -0.1) is 0 Å². The first-order valence-electron chi connectivity index (χ1n) is 39.9. The van der Waals surface area contributed by atoms with Crippen LogP contribution < -0.4 is 5.32 Å². The molecule has 2 unspecified atom stereocenters. The monoisotopic (exact) mass is 1210 g/mol. The number of carbonyl (C=O) groups excluding carboxylic acids is 2. The van der Waals surface area contributed by atoms with Gasteiger partial charge in [-0.05, 0) is 51.4 Å². The fraction of sp³-hybridized carbons (Fsp3) is 0.950. The Morgan fingerprint density at radius 2 is 0.547 bits per heavy atom. The van der Waals surface area contributed by atoms with Crippen molar-refractivity contribution in [1.29, 1.82) is 0 Å². The minimum atomic E-state index is -0.661. The molecular formula is C80H157NO5. The molecule has 0 spiro atoms. The smallest absolute Gasteiger partial charge is 0.305 e. The van der Waals surface area contributed by atoms with Crippen LogP contribution in [0.15, 0.2) is 12.2 Å². The van der Waals surface area contributed by atoms with Gasteiger partial charge >= 0.3 is 5.97 Å². The van der Waals surface area contributed by atoms with E-state index in [4.69, 9.17) is 4.74 Å². The molecule has 0 aromatic rings. The number of unbranched alkanes of at least 4 members (excludes halogenated alkanes) is 63. The molecule has 0 saturated carbocycles. The molecule has 6 heteroatoms. The maximum absolute atomic E-state index is 12.5. The molecule has 0 rings (SSSR count). The Bertz CT molecular complexity index is 1300. The van der Waals surface area contributed by atoms with Gasteiger partial charge in [0.1, 0.15) is 0 Å². The van der Waals surface area contributed by atoms with Crippen LogP contribution in [0.2, 0.25) is 0 Å². The van der Waals surface area contributed by atoms with E-state index in [2.05, 4.69) is 31.3 Å². The Labute approximate surface area is 539 Å². The number of amides is 1. The zero-order valence-corrected chi connectivity index (χ0v) is 58.8. The summed E-state index contributed by atoms with van der Waals surface area (Å²) in [5.41, 5.74) is 0. The molecule has 0 aromatic heterocycles. The summed E-state index contributed by atoms with van der Waals surface area (Å²) in [5.74, 6) is -0.000573. The molecule has 2 atom stereocenters. The highest BCUT2D eigenvalue weighted by Crippen LogP contribution is 2.20. The average Bonchev–Trinajstić information content (AvgIpc) is 3.60. The van der Waals surface area contributed by atoms with Gasteiger partial charge in [0.15, 0.2) is 0 Å². The van der Waals surface area contributed by atoms with Crippen molar-refractivity contribution >= 4 is 11.9 Å². The molecule has 0 fully saturated rings. The summed E-state index contributed by atoms with van der Waals surface area (Å²) in [7, 11) is 0. The van der Waals surface area contributed by atoms with E-state index in [9.17, 15) is 19.8 Å². The Kier molecular flexibility index (Phi) is 74.8. The van der Waals surface area contributed by atoms with Crippen molar-refractivity contribution in [2.45, 2.75) is 475 Å². The third-order valence-electron chi connectivity index (χ3n) is 19.1. The summed E-state index contributed by atoms with van der Waals surface area (Å²) in [6.07, 6.45) is 96.0. The Morgan fingerprint density at radius 3 is 0.826 bits per heavy atom. The van der Waals surface area contributed by atoms with Gasteiger partial charge in [0.05, 0.1) is 25.4 Å². The van der Waals surface area contributed by atoms with Crippen LogP contribution in [0.3, 0.4) is 0 Å². The third-order valence-corrected chi connectivity index (χ3v) is 19.1. The third kappa shape index (κ3) is 71.7. The lowest BCUT2D eigenvalue weighted by Crippen LogP contribution is -2.45. The molecule has 6 nitrogen and oxygen atoms in total. The van der Waals surface area contributed by atoms with E-state index >= 15 is 0 Å². The second kappa shape index (κ2) is 76.1. The summed E-state index contributed by atoms with van der Waals surface area (Å²) < 4.78 is 5.51. The highest BCUT2D eigenvalue weighted by Gasteiger charge is 2.20. The number of hydrogen-bond acceptors (Lipinski definition) is 5. The van der Waals surface area contributed by atoms with Crippen LogP contribution in [-0.4, -0.2) is 47.4 Å². The van der Waals surface area contributed by atoms with Gasteiger partial charge in [-0.2, -0.15) is 0 Å². The van der Waals surface area contributed by atoms with Crippen LogP contribution in [0, 0.1) is 0 Å². The lowest BCUT2D eigenvalue weighted by molar-refractivity contribution is -0.143. The van der Waals surface area contributed by atoms with Crippen LogP contribution >= 0.6 is 0 Å². The van der Waals surface area contributed by atoms with Gasteiger partial charge in [0.25, 0.3) is 0 Å². The van der Waals surface area contributed by atoms with E-state index in [1.165, 1.54) is 392 Å². The van der Waals surface area contributed by atoms with E-state index in [-0.39, 0.29) is 18.5 Å². The van der Waals surface area contributed by atoms with Crippen molar-refractivity contribution in [1.82, 2.24) is 5.32 Å². The number of aliphatic hydroxyl groups excluding tert-OH is 2. The number of aliphatic hydroxyl groups is 2. The summed E-state index contributed by atoms with van der Waals surface area (Å²) >= 11 is 0. The highest BCUT2D eigenvalue weighted by molar-refractivity contribution is 5.76. The van der Waals surface area contributed by atoms with Gasteiger partial charge in [-0.1, -0.05) is 411 Å². The second-order valence-electron chi connectivity index (χ2n) is 27.8. The lowest BCUT2D eigenvalue weighted by Gasteiger charge is -2.22. The Hall–Kier alpha value is -1.40. The summed E-state index contributed by atoms with van der Waals surface area (Å²) in [6.45, 7) is 5.01. The van der Waals surface area contributed by atoms with Crippen LogP contribution in [0.25, 0.3) is 0 Å². The predicted molar refractivity (Wildman–Crippen MR) is 380 cm³/mol. The molecular weight excluding hydrogens is 1050 g/mol. The first kappa shape index (κ1) is 84.6. The molecule has 0 aliphatic rings. The molecule has 3 N–H and O–H groups in total. The fourth-order valence-electron chi connectivity index (χ4n) is 13.0. The highest BCUT2D eigenvalue weighted by atomic mass is 16.5. The largest absolute Gasteiger partial charge is 0.466 e. The van der Waals surface area contributed by atoms with Crippen molar-refractivity contribution in [3.05, 3.63) is 12.2 Å². The van der Waals surface area contributed by atoms with Crippen molar-refractivity contribution in [2.75, 3.05) is 13.2 Å². The van der Waals surface area contributed by atoms with Crippen molar-refractivity contribution in [2.24, 2.45) is 0 Å². The van der Waals surface area contributed by atoms with Crippen LogP contribution in [-0.2, 0) is 14.3 Å². The standard InChI is InChI=1S/C80H157NO5/c1-3-5-7-9-11-13-15-17-19-44-48-52-56-60-64-68-72-78(83)77(76-82)81-79(84)73-69-65-61-57-53-49-45-42-40-38-36-34-32-30-28-26-24-22-21-23-25-27-29-31-33-35-37-39-41-43-47-51-55-59-63-67-71-75-86-80(85)74-70-66-62-58-54-50-46-20-18-16-14-12-10-8-6-4-2/h21,23,77-78,82-83H,3-20,22,24-76H2,1-2H3,(H,81,84)/b23-21-. The maximum atomic E-state index is 12.5. The zero-order valence-electron chi connectivity index (χ0n) is 58.8. The minimum Gasteiger partial charge on any atom is -0.466 e. The molecule has 512 valence electrons. The summed E-state index contributed by atoms with van der Waals surface area (Å²) in [4.78, 5) is 24.6. The fourth-order valence-corrected chi connectivity index (χ4v) is 13.0. The van der Waals surface area contributed by atoms with Crippen molar-refractivity contribution < 1.29 is 24.5 Å². The lowest BCUT2D eigenvalue weighted by atomic mass is 10.0. The van der Waals surface area contributed by atoms with E-state index in [0.717, 1.165) is 38.5 Å². The quantitative estimate of drug-likeness (QED) is 0.0320. The number of rotatable bonds is 76. The van der Waals surface area contributed by atoms with Crippen LogP contribution in [0.1, 0.15) is 463 Å². The van der Waals surface area contributed by atoms with Crippen LogP contribution in [0.4, 0.5) is 0 Å². The van der Waals surface area contributed by atoms with E-state index in [0.29, 0.717) is 25.9 Å². The molecule has 0 aliphatic carbocycles. The number of nitrogens with one attached hydrogen (secondary N) is 1. The van der Waals surface area contributed by atoms with E-state index in [1.54, 1.807) is 0 Å². The molecule has 0 radical (unpaired) electrons. The Balaban J connectivity index is 3.31. The average molecular weight is 1210 g/mol. The summed E-state index contributed by atoms with van der Waals surface area (Å²) in [6, 6.07) is -0.538. The van der Waals surface area contributed by atoms with Crippen molar-refractivity contribution in [3.63, 3.8) is 0 Å². The molecule has 0 aliphatic heterocycles. The second-order valence-corrected chi connectivity index (χ2v) is 27.8. The predicted octanol–water partition coefficient (Wildman–Crippen LogP) is 26.3. The number of allylic oxidation sites excluding steroid dienone is 2. The first-order valence-corrected chi connectivity index (χ1v) is 39.9. The first-order chi connectivity index (χ1) is 42.5. The molecule has 0 bridgehead atoms. The van der Waals surface area contributed by atoms with Gasteiger partial charge in [-0.3, -0.25) is 9.59 Å². The topological polar surface area (TPSA) is 95.9 Å². The molecule has 86 heavy (non-hydrogen) atoms. The SMILES string of the molecule is CCCCCCCCCCCCCCCCCCC(=O)OCCCCCCCCCCCCCCCCCC/C=C\CCCCCCCCCCCCCCCCCCCC(=O)NC(CO)C(O)CCCCCCCCCCCCCCCCCC. The number of esters is 1. The number of ether oxygens (including phenoxy) is 1. The van der Waals surface area contributed by atoms with Gasteiger partial charge in [0.2, 0.25) is 5.91 Å². The zero-order chi connectivity index (χ0) is 62.0. The van der Waals surface area contributed by atoms with Crippen molar-refractivity contribution in [3.8, 4) is 0 Å². The number of hydrogen-bond donors (Lipinski definition) is 3. The minimum absolute atomic E-state index is 0.0261. The Morgan fingerprint density at radius 1 is 0.314 bits per heavy atom. The normalized spacial score (nSPS) is 12.5. The molecule has 0 aromatic carbocycles. The number of carbonyl (C=O) groups is 2. The maximum Gasteiger partial charge on any atom is 0.305 e. The van der Waals surface area contributed by atoms with Crippen LogP contribution in [0.5, 0.6) is 0 Å². The molecule has 0 heterocycles. The molecule has 1 amide bonds. The summed E-state index contributed by atoms with van der Waals surface area (Å²) in [5, 5.41) is 23.4.